The van der Waals surface area contributed by atoms with Crippen LogP contribution in [0, 0.1) is 10.8 Å². The Hall–Kier alpha value is -1.27. The molecule has 3 saturated carbocycles. The number of carbonyl (C=O) groups excluding carboxylic acids is 1. The quantitative estimate of drug-likeness (QED) is 0.743. The van der Waals surface area contributed by atoms with Crippen LogP contribution in [0.4, 0.5) is 13.2 Å². The van der Waals surface area contributed by atoms with Gasteiger partial charge < -0.3 is 10.4 Å². The number of carboxylic acid groups (broad SMARTS) is 1. The fourth-order valence-corrected chi connectivity index (χ4v) is 3.26. The lowest BCUT2D eigenvalue weighted by Crippen LogP contribution is -2.65. The Labute approximate surface area is 102 Å². The van der Waals surface area contributed by atoms with E-state index in [1.165, 1.54) is 0 Å². The number of alkyl halides is 3. The maximum Gasteiger partial charge on any atom is 0.471 e. The zero-order valence-electron chi connectivity index (χ0n) is 9.64. The molecule has 0 aliphatic heterocycles. The third-order valence-corrected chi connectivity index (χ3v) is 4.02. The highest BCUT2D eigenvalue weighted by Gasteiger charge is 2.71. The molecule has 0 heterocycles. The van der Waals surface area contributed by atoms with Crippen LogP contribution in [0.1, 0.15) is 32.1 Å². The van der Waals surface area contributed by atoms with Crippen LogP contribution in [0.25, 0.3) is 0 Å². The van der Waals surface area contributed by atoms with Crippen LogP contribution in [0.5, 0.6) is 0 Å². The lowest BCUT2D eigenvalue weighted by atomic mass is 9.34. The van der Waals surface area contributed by atoms with E-state index in [2.05, 4.69) is 0 Å². The van der Waals surface area contributed by atoms with Gasteiger partial charge in [-0.1, -0.05) is 0 Å². The van der Waals surface area contributed by atoms with Gasteiger partial charge in [0.15, 0.2) is 0 Å². The standard InChI is InChI=1S/C11H14F3NO3/c12-11(13,14)7(16)15-3-1-2-9-4-10(5-9,6-9)8(17)18/h1-6H2,(H,15,16)(H,17,18). The van der Waals surface area contributed by atoms with Crippen molar-refractivity contribution in [3.63, 3.8) is 0 Å². The predicted octanol–water partition coefficient (Wildman–Crippen LogP) is 1.70. The summed E-state index contributed by atoms with van der Waals surface area (Å²) in [5.41, 5.74) is -0.531. The second-order valence-electron chi connectivity index (χ2n) is 5.47. The summed E-state index contributed by atoms with van der Waals surface area (Å²) in [4.78, 5) is 21.3. The van der Waals surface area contributed by atoms with Crippen molar-refractivity contribution < 1.29 is 27.9 Å². The first kappa shape index (κ1) is 13.2. The first-order valence-corrected chi connectivity index (χ1v) is 5.78. The van der Waals surface area contributed by atoms with E-state index in [4.69, 9.17) is 5.11 Å². The van der Waals surface area contributed by atoms with E-state index in [9.17, 15) is 22.8 Å². The molecule has 0 unspecified atom stereocenters. The number of carbonyl (C=O) groups is 2. The highest BCUT2D eigenvalue weighted by atomic mass is 19.4. The number of nitrogens with one attached hydrogen (secondary N) is 1. The molecule has 3 aliphatic rings. The van der Waals surface area contributed by atoms with Gasteiger partial charge in [0.05, 0.1) is 5.41 Å². The van der Waals surface area contributed by atoms with Crippen molar-refractivity contribution in [2.24, 2.45) is 10.8 Å². The second kappa shape index (κ2) is 3.86. The number of hydrogen-bond donors (Lipinski definition) is 2. The minimum Gasteiger partial charge on any atom is -0.481 e. The van der Waals surface area contributed by atoms with Crippen molar-refractivity contribution in [2.75, 3.05) is 6.54 Å². The van der Waals surface area contributed by atoms with E-state index >= 15 is 0 Å². The molecular weight excluding hydrogens is 251 g/mol. The number of hydrogen-bond acceptors (Lipinski definition) is 2. The lowest BCUT2D eigenvalue weighted by molar-refractivity contribution is -0.225. The number of aliphatic carboxylic acids is 1. The topological polar surface area (TPSA) is 66.4 Å². The molecule has 1 amide bonds. The zero-order chi connectivity index (χ0) is 13.6. The van der Waals surface area contributed by atoms with Crippen molar-refractivity contribution in [2.45, 2.75) is 38.3 Å². The van der Waals surface area contributed by atoms with Crippen molar-refractivity contribution in [3.8, 4) is 0 Å². The summed E-state index contributed by atoms with van der Waals surface area (Å²) >= 11 is 0. The van der Waals surface area contributed by atoms with Gasteiger partial charge in [-0.15, -0.1) is 0 Å². The van der Waals surface area contributed by atoms with Crippen molar-refractivity contribution >= 4 is 11.9 Å². The Morgan fingerprint density at radius 3 is 2.22 bits per heavy atom. The minimum absolute atomic E-state index is 0.0137. The van der Waals surface area contributed by atoms with E-state index in [0.717, 1.165) is 0 Å². The molecule has 0 aromatic heterocycles. The minimum atomic E-state index is -4.83. The fourth-order valence-electron chi connectivity index (χ4n) is 3.26. The molecule has 0 atom stereocenters. The molecule has 3 rings (SSSR count). The Morgan fingerprint density at radius 1 is 1.22 bits per heavy atom. The highest BCUT2D eigenvalue weighted by Crippen LogP contribution is 2.75. The first-order valence-electron chi connectivity index (χ1n) is 5.78. The number of amides is 1. The number of rotatable bonds is 5. The molecule has 0 spiro atoms. The van der Waals surface area contributed by atoms with Gasteiger partial charge in [0.1, 0.15) is 0 Å². The maximum atomic E-state index is 11.9. The van der Waals surface area contributed by atoms with E-state index < -0.39 is 23.5 Å². The molecule has 7 heteroatoms. The monoisotopic (exact) mass is 265 g/mol. The summed E-state index contributed by atoms with van der Waals surface area (Å²) in [6, 6.07) is 0. The van der Waals surface area contributed by atoms with Gasteiger partial charge in [0, 0.05) is 6.54 Å². The SMILES string of the molecule is O=C(NCCCC12CC(C(=O)O)(C1)C2)C(F)(F)F. The number of halogens is 3. The normalized spacial score (nSPS) is 33.3. The molecule has 0 aromatic carbocycles. The molecule has 18 heavy (non-hydrogen) atoms. The largest absolute Gasteiger partial charge is 0.481 e. The van der Waals surface area contributed by atoms with E-state index in [-0.39, 0.29) is 12.0 Å². The summed E-state index contributed by atoms with van der Waals surface area (Å²) in [5.74, 6) is -2.68. The van der Waals surface area contributed by atoms with Gasteiger partial charge in [-0.25, -0.2) is 0 Å². The molecule has 2 N–H and O–H groups in total. The van der Waals surface area contributed by atoms with Crippen molar-refractivity contribution in [3.05, 3.63) is 0 Å². The van der Waals surface area contributed by atoms with Gasteiger partial charge in [-0.2, -0.15) is 13.2 Å². The van der Waals surface area contributed by atoms with Crippen molar-refractivity contribution in [1.29, 1.82) is 0 Å². The average molecular weight is 265 g/mol. The predicted molar refractivity (Wildman–Crippen MR) is 54.7 cm³/mol. The van der Waals surface area contributed by atoms with Crippen LogP contribution in [0.15, 0.2) is 0 Å². The van der Waals surface area contributed by atoms with Crippen molar-refractivity contribution in [1.82, 2.24) is 5.32 Å². The average Bonchev–Trinajstić information content (AvgIpc) is 2.09. The molecule has 0 saturated heterocycles. The Morgan fingerprint density at radius 2 is 1.78 bits per heavy atom. The first-order chi connectivity index (χ1) is 8.19. The molecule has 2 bridgehead atoms. The number of carboxylic acids is 1. The summed E-state index contributed by atoms with van der Waals surface area (Å²) in [7, 11) is 0. The Balaban J connectivity index is 1.62. The Bertz CT molecular complexity index is 372. The second-order valence-corrected chi connectivity index (χ2v) is 5.47. The zero-order valence-corrected chi connectivity index (χ0v) is 9.64. The van der Waals surface area contributed by atoms with Crippen LogP contribution in [-0.2, 0) is 9.59 Å². The summed E-state index contributed by atoms with van der Waals surface area (Å²) in [6.45, 7) is -0.0137. The maximum absolute atomic E-state index is 11.9. The van der Waals surface area contributed by atoms with Crippen LogP contribution in [0.3, 0.4) is 0 Å². The van der Waals surface area contributed by atoms with Gasteiger partial charge in [-0.3, -0.25) is 9.59 Å². The smallest absolute Gasteiger partial charge is 0.471 e. The van der Waals surface area contributed by atoms with Gasteiger partial charge in [0.2, 0.25) is 0 Å². The fraction of sp³-hybridized carbons (Fsp3) is 0.818. The van der Waals surface area contributed by atoms with E-state index in [1.807, 2.05) is 5.32 Å². The van der Waals surface area contributed by atoms with E-state index in [1.54, 1.807) is 0 Å². The summed E-state index contributed by atoms with van der Waals surface area (Å²) < 4.78 is 35.6. The molecule has 102 valence electrons. The molecule has 3 fully saturated rings. The van der Waals surface area contributed by atoms with Crippen LogP contribution in [0.2, 0.25) is 0 Å². The molecule has 0 radical (unpaired) electrons. The van der Waals surface area contributed by atoms with Gasteiger partial charge >= 0.3 is 18.1 Å². The molecule has 4 nitrogen and oxygen atoms in total. The molecule has 0 aromatic rings. The van der Waals surface area contributed by atoms with Gasteiger partial charge in [-0.05, 0) is 37.5 Å². The molecule has 3 aliphatic carbocycles. The molecular formula is C11H14F3NO3. The third-order valence-electron chi connectivity index (χ3n) is 4.02. The van der Waals surface area contributed by atoms with Crippen LogP contribution >= 0.6 is 0 Å². The third kappa shape index (κ3) is 2.06. The highest BCUT2D eigenvalue weighted by molar-refractivity contribution is 5.81. The summed E-state index contributed by atoms with van der Waals surface area (Å²) in [5, 5.41) is 10.7. The van der Waals surface area contributed by atoms with Gasteiger partial charge in [0.25, 0.3) is 0 Å². The summed E-state index contributed by atoms with van der Waals surface area (Å²) in [6.07, 6.45) is -1.81. The lowest BCUT2D eigenvalue weighted by Gasteiger charge is -2.68. The van der Waals surface area contributed by atoms with E-state index in [0.29, 0.717) is 32.1 Å². The Kier molecular flexibility index (Phi) is 2.82. The van der Waals surface area contributed by atoms with Crippen LogP contribution in [-0.4, -0.2) is 29.7 Å². The van der Waals surface area contributed by atoms with Crippen LogP contribution < -0.4 is 5.32 Å².